The fraction of sp³-hybridized carbons (Fsp3) is 1.00. The normalized spacial score (nSPS) is 12.6. The predicted octanol–water partition coefficient (Wildman–Crippen LogP) is 7.20. The summed E-state index contributed by atoms with van der Waals surface area (Å²) in [7, 11) is 2.73. The van der Waals surface area contributed by atoms with Crippen molar-refractivity contribution in [2.75, 3.05) is 47.5 Å². The summed E-state index contributed by atoms with van der Waals surface area (Å²) in [4.78, 5) is 0. The maximum Gasteiger partial charge on any atom is 0.500 e. The van der Waals surface area contributed by atoms with Crippen LogP contribution in [0.4, 0.5) is 0 Å². The zero-order valence-electron chi connectivity index (χ0n) is 21.6. The average Bonchev–Trinajstić information content (AvgIpc) is 2.79. The van der Waals surface area contributed by atoms with Crippen molar-refractivity contribution in [3.63, 3.8) is 0 Å². The molecule has 0 rings (SSSR count). The Morgan fingerprint density at radius 1 is 0.500 bits per heavy atom. The molecule has 0 aromatic rings. The molecule has 0 aromatic heterocycles. The highest BCUT2D eigenvalue weighted by molar-refractivity contribution is 6.60. The number of quaternary nitrogens is 1. The van der Waals surface area contributed by atoms with Crippen LogP contribution in [0.3, 0.4) is 0 Å². The molecule has 0 amide bonds. The van der Waals surface area contributed by atoms with Crippen molar-refractivity contribution in [3.05, 3.63) is 0 Å². The highest BCUT2D eigenvalue weighted by atomic mass is 28.4. The van der Waals surface area contributed by atoms with E-state index >= 15 is 0 Å². The Morgan fingerprint density at radius 3 is 1.23 bits per heavy atom. The molecule has 0 radical (unpaired) electrons. The molecular formula is C25H56NO3Si+. The molecule has 0 aliphatic carbocycles. The Bertz CT molecular complexity index is 352. The summed E-state index contributed by atoms with van der Waals surface area (Å²) >= 11 is 0. The first kappa shape index (κ1) is 30.1. The van der Waals surface area contributed by atoms with Crippen LogP contribution in [0.2, 0.25) is 6.04 Å². The predicted molar refractivity (Wildman–Crippen MR) is 133 cm³/mol. The van der Waals surface area contributed by atoms with E-state index in [1.807, 2.05) is 0 Å². The van der Waals surface area contributed by atoms with E-state index in [0.29, 0.717) is 0 Å². The van der Waals surface area contributed by atoms with Gasteiger partial charge in [0.1, 0.15) is 0 Å². The van der Waals surface area contributed by atoms with E-state index in [9.17, 15) is 0 Å². The van der Waals surface area contributed by atoms with Crippen LogP contribution >= 0.6 is 0 Å². The summed E-state index contributed by atoms with van der Waals surface area (Å²) in [5, 5.41) is 0. The maximum absolute atomic E-state index is 5.59. The summed E-state index contributed by atoms with van der Waals surface area (Å²) in [6.07, 6.45) is 19.6. The van der Waals surface area contributed by atoms with Crippen molar-refractivity contribution in [1.82, 2.24) is 0 Å². The van der Waals surface area contributed by atoms with Crippen LogP contribution in [0.15, 0.2) is 0 Å². The quantitative estimate of drug-likeness (QED) is 0.0943. The van der Waals surface area contributed by atoms with Crippen LogP contribution in [-0.2, 0) is 13.3 Å². The van der Waals surface area contributed by atoms with Gasteiger partial charge in [0.25, 0.3) is 0 Å². The molecule has 0 atom stereocenters. The van der Waals surface area contributed by atoms with Crippen molar-refractivity contribution in [2.24, 2.45) is 0 Å². The molecule has 30 heavy (non-hydrogen) atoms. The molecule has 0 spiro atoms. The van der Waals surface area contributed by atoms with E-state index in [0.717, 1.165) is 12.5 Å². The van der Waals surface area contributed by atoms with Crippen molar-refractivity contribution in [3.8, 4) is 0 Å². The lowest BCUT2D eigenvalue weighted by molar-refractivity contribution is -0.925. The van der Waals surface area contributed by atoms with Crippen molar-refractivity contribution < 1.29 is 17.8 Å². The summed E-state index contributed by atoms with van der Waals surface area (Å²) in [5.74, 6) is 0. The van der Waals surface area contributed by atoms with Gasteiger partial charge in [0.2, 0.25) is 0 Å². The second kappa shape index (κ2) is 19.7. The Kier molecular flexibility index (Phi) is 19.8. The van der Waals surface area contributed by atoms with Gasteiger partial charge in [0.15, 0.2) is 0 Å². The second-order valence-corrected chi connectivity index (χ2v) is 12.2. The molecule has 0 aliphatic rings. The summed E-state index contributed by atoms with van der Waals surface area (Å²) in [5.41, 5.74) is 0. The zero-order chi connectivity index (χ0) is 22.6. The first-order valence-electron chi connectivity index (χ1n) is 13.1. The van der Waals surface area contributed by atoms with Crippen LogP contribution in [0.5, 0.6) is 0 Å². The van der Waals surface area contributed by atoms with Gasteiger partial charge < -0.3 is 17.8 Å². The number of rotatable bonds is 23. The van der Waals surface area contributed by atoms with Crippen LogP contribution in [0, 0.1) is 0 Å². The van der Waals surface area contributed by atoms with Gasteiger partial charge in [0.05, 0.1) is 26.2 Å². The van der Waals surface area contributed by atoms with Gasteiger partial charge in [-0.25, -0.2) is 0 Å². The number of nitrogens with zero attached hydrogens (tertiary/aromatic N) is 1. The second-order valence-electron chi connectivity index (χ2n) is 9.06. The lowest BCUT2D eigenvalue weighted by Crippen LogP contribution is -2.50. The number of hydrogen-bond acceptors (Lipinski definition) is 3. The van der Waals surface area contributed by atoms with Crippen LogP contribution in [0.25, 0.3) is 0 Å². The van der Waals surface area contributed by atoms with E-state index < -0.39 is 8.80 Å². The third kappa shape index (κ3) is 13.5. The lowest BCUT2D eigenvalue weighted by atomic mass is 10.0. The van der Waals surface area contributed by atoms with Gasteiger partial charge in [-0.05, 0) is 26.7 Å². The van der Waals surface area contributed by atoms with E-state index in [4.69, 9.17) is 13.3 Å². The van der Waals surface area contributed by atoms with Crippen LogP contribution < -0.4 is 0 Å². The Balaban J connectivity index is 3.87. The summed E-state index contributed by atoms with van der Waals surface area (Å²) in [6, 6.07) is 0.912. The highest BCUT2D eigenvalue weighted by Crippen LogP contribution is 2.19. The minimum Gasteiger partial charge on any atom is -0.377 e. The van der Waals surface area contributed by atoms with E-state index in [2.05, 4.69) is 20.8 Å². The van der Waals surface area contributed by atoms with Gasteiger partial charge in [-0.3, -0.25) is 0 Å². The largest absolute Gasteiger partial charge is 0.500 e. The standard InChI is InChI=1S/C25H56NO3Si/c1-7-10-11-12-13-14-15-16-17-18-19-20-21-23-26(8-2,9-3)24-22-25-30(27-4,28-5)29-6/h7-25H2,1-6H3/q+1. The first-order chi connectivity index (χ1) is 14.6. The number of unbranched alkanes of at least 4 members (excludes halogenated alkanes) is 12. The Labute approximate surface area is 191 Å². The molecule has 0 fully saturated rings. The SMILES string of the molecule is CCCCCCCCCCCCCCC[N+](CC)(CC)CCC[Si](OC)(OC)OC. The molecule has 0 unspecified atom stereocenters. The molecule has 0 aliphatic heterocycles. The number of hydrogen-bond donors (Lipinski definition) is 0. The topological polar surface area (TPSA) is 27.7 Å². The lowest BCUT2D eigenvalue weighted by Gasteiger charge is -2.38. The first-order valence-corrected chi connectivity index (χ1v) is 15.0. The Morgan fingerprint density at radius 2 is 0.867 bits per heavy atom. The fourth-order valence-electron chi connectivity index (χ4n) is 4.62. The monoisotopic (exact) mass is 446 g/mol. The maximum atomic E-state index is 5.59. The van der Waals surface area contributed by atoms with Crippen molar-refractivity contribution in [2.45, 2.75) is 117 Å². The van der Waals surface area contributed by atoms with Gasteiger partial charge in [-0.15, -0.1) is 0 Å². The molecule has 0 aromatic carbocycles. The molecule has 0 saturated carbocycles. The average molecular weight is 447 g/mol. The van der Waals surface area contributed by atoms with Crippen molar-refractivity contribution in [1.29, 1.82) is 0 Å². The molecule has 0 saturated heterocycles. The van der Waals surface area contributed by atoms with Gasteiger partial charge >= 0.3 is 8.80 Å². The molecular weight excluding hydrogens is 390 g/mol. The van der Waals surface area contributed by atoms with Gasteiger partial charge in [-0.1, -0.05) is 77.6 Å². The van der Waals surface area contributed by atoms with Crippen LogP contribution in [-0.4, -0.2) is 60.8 Å². The Hall–Kier alpha value is 0.0569. The summed E-state index contributed by atoms with van der Waals surface area (Å²) in [6.45, 7) is 11.9. The van der Waals surface area contributed by atoms with E-state index in [-0.39, 0.29) is 0 Å². The molecule has 0 bridgehead atoms. The highest BCUT2D eigenvalue weighted by Gasteiger charge is 2.38. The van der Waals surface area contributed by atoms with Gasteiger partial charge in [0, 0.05) is 33.8 Å². The third-order valence-corrected chi connectivity index (χ3v) is 9.96. The van der Waals surface area contributed by atoms with Crippen molar-refractivity contribution >= 4 is 8.80 Å². The van der Waals surface area contributed by atoms with Crippen LogP contribution in [0.1, 0.15) is 111 Å². The minimum atomic E-state index is -2.42. The summed E-state index contributed by atoms with van der Waals surface area (Å²) < 4.78 is 18.0. The molecule has 5 heteroatoms. The molecule has 4 nitrogen and oxygen atoms in total. The molecule has 182 valence electrons. The molecule has 0 heterocycles. The fourth-order valence-corrected chi connectivity index (χ4v) is 6.32. The zero-order valence-corrected chi connectivity index (χ0v) is 22.6. The van der Waals surface area contributed by atoms with E-state index in [1.54, 1.807) is 21.3 Å². The molecule has 0 N–H and O–H groups in total. The van der Waals surface area contributed by atoms with E-state index in [1.165, 1.54) is 114 Å². The smallest absolute Gasteiger partial charge is 0.377 e. The third-order valence-electron chi connectivity index (χ3n) is 7.13. The minimum absolute atomic E-state index is 0.912. The van der Waals surface area contributed by atoms with Gasteiger partial charge in [-0.2, -0.15) is 0 Å².